The number of rotatable bonds is 0. The Hall–Kier alpha value is -9.64. The number of H-pyrrole nitrogens is 4. The molecule has 12 aromatic carbocycles. The van der Waals surface area contributed by atoms with Crippen LogP contribution in [-0.4, -0.2) is 19.9 Å². The van der Waals surface area contributed by atoms with Crippen molar-refractivity contribution in [1.82, 2.24) is 19.9 Å². The Morgan fingerprint density at radius 3 is 0.486 bits per heavy atom. The standard InChI is InChI=1S/C68H40N4/c1-9-25-45-37(17-1)38-18-2-10-26-46(38)62-54-34-56-64-48-28-12-4-21-41(48)42-22-6-14-30-50(42)66(64)58(71-56)36-60-68-52-32-16-8-24-44(52)43-23-7-15-31-51(43)67(68)59(72-60)35-57-65-49-29-13-5-20-40(49)39-19-3-11-27-47(39)63(65)55(70-57)33-53(69-54)61(45)62/h1-36,69-72H. The average Bonchev–Trinajstić information content (AvgIpc) is 4.20. The van der Waals surface area contributed by atoms with Gasteiger partial charge in [-0.05, 0) is 110 Å². The fraction of sp³-hybridized carbons (Fsp3) is 0. The molecule has 0 atom stereocenters. The predicted octanol–water partition coefficient (Wildman–Crippen LogP) is 14.5. The zero-order valence-electron chi connectivity index (χ0n) is 38.8. The summed E-state index contributed by atoms with van der Waals surface area (Å²) in [6, 6.07) is 71.5. The Kier molecular flexibility index (Phi) is 7.44. The maximum Gasteiger partial charge on any atom is 0.0492 e. The van der Waals surface area contributed by atoms with Crippen molar-refractivity contribution in [2.24, 2.45) is 0 Å². The monoisotopic (exact) mass is 912 g/mol. The van der Waals surface area contributed by atoms with Gasteiger partial charge in [-0.25, -0.2) is 0 Å². The normalized spacial score (nSPS) is 12.9. The predicted molar refractivity (Wildman–Crippen MR) is 306 cm³/mol. The van der Waals surface area contributed by atoms with E-state index in [1.54, 1.807) is 0 Å². The van der Waals surface area contributed by atoms with E-state index in [1.807, 2.05) is 0 Å². The molecule has 0 saturated carbocycles. The lowest BCUT2D eigenvalue weighted by molar-refractivity contribution is 1.25. The largest absolute Gasteiger partial charge is 0.354 e. The number of hydrogen-bond acceptors (Lipinski definition) is 0. The second-order valence-electron chi connectivity index (χ2n) is 19.8. The number of hydrogen-bond donors (Lipinski definition) is 4. The molecule has 0 spiro atoms. The molecule has 5 heterocycles. The lowest BCUT2D eigenvalue weighted by atomic mass is 9.93. The quantitative estimate of drug-likeness (QED) is 0.110. The molecule has 8 bridgehead atoms. The lowest BCUT2D eigenvalue weighted by Gasteiger charge is -2.09. The molecule has 4 N–H and O–H groups in total. The lowest BCUT2D eigenvalue weighted by Crippen LogP contribution is -2.11. The summed E-state index contributed by atoms with van der Waals surface area (Å²) in [4.78, 5) is 16.6. The van der Waals surface area contributed by atoms with Gasteiger partial charge >= 0.3 is 0 Å². The van der Waals surface area contributed by atoms with E-state index in [0.717, 1.165) is 44.2 Å². The van der Waals surface area contributed by atoms with Crippen molar-refractivity contribution in [2.45, 2.75) is 0 Å². The van der Waals surface area contributed by atoms with E-state index in [1.165, 1.54) is 129 Å². The maximum absolute atomic E-state index is 4.14. The second-order valence-corrected chi connectivity index (χ2v) is 19.8. The van der Waals surface area contributed by atoms with Gasteiger partial charge in [-0.1, -0.05) is 194 Å². The van der Waals surface area contributed by atoms with Crippen LogP contribution >= 0.6 is 0 Å². The third kappa shape index (κ3) is 4.99. The van der Waals surface area contributed by atoms with Gasteiger partial charge in [-0.3, -0.25) is 0 Å². The minimum atomic E-state index is 1.06. The van der Waals surface area contributed by atoms with Gasteiger partial charge in [0.2, 0.25) is 0 Å². The first kappa shape index (κ1) is 38.2. The molecule has 0 radical (unpaired) electrons. The van der Waals surface area contributed by atoms with Crippen molar-refractivity contribution in [3.05, 3.63) is 238 Å². The summed E-state index contributed by atoms with van der Waals surface area (Å²) in [7, 11) is 0. The second kappa shape index (κ2) is 14.0. The highest BCUT2D eigenvalue weighted by molar-refractivity contribution is 6.32. The van der Waals surface area contributed by atoms with Crippen molar-refractivity contribution in [3.63, 3.8) is 0 Å². The first-order valence-corrected chi connectivity index (χ1v) is 24.9. The van der Waals surface area contributed by atoms with Crippen molar-refractivity contribution >= 4 is 154 Å². The smallest absolute Gasteiger partial charge is 0.0492 e. The van der Waals surface area contributed by atoms with Crippen LogP contribution < -0.4 is 21.4 Å². The molecular weight excluding hydrogens is 873 g/mol. The molecule has 0 saturated heterocycles. The minimum absolute atomic E-state index is 1.06. The van der Waals surface area contributed by atoms with Crippen molar-refractivity contribution < 1.29 is 0 Å². The van der Waals surface area contributed by atoms with Gasteiger partial charge in [-0.15, -0.1) is 0 Å². The molecule has 332 valence electrons. The number of aromatic amines is 4. The van der Waals surface area contributed by atoms with E-state index in [4.69, 9.17) is 0 Å². The molecule has 4 nitrogen and oxygen atoms in total. The zero-order chi connectivity index (χ0) is 46.8. The third-order valence-corrected chi connectivity index (χ3v) is 16.1. The zero-order valence-corrected chi connectivity index (χ0v) is 38.8. The summed E-state index contributed by atoms with van der Waals surface area (Å²) in [5.74, 6) is 0. The van der Waals surface area contributed by atoms with Gasteiger partial charge in [-0.2, -0.15) is 0 Å². The van der Waals surface area contributed by atoms with Crippen LogP contribution in [0.25, 0.3) is 154 Å². The van der Waals surface area contributed by atoms with E-state index in [2.05, 4.69) is 238 Å². The molecule has 1 aliphatic heterocycles. The molecule has 16 aromatic rings. The molecule has 0 unspecified atom stereocenters. The Balaban J connectivity index is 1.18. The molecule has 4 heteroatoms. The van der Waals surface area contributed by atoms with Crippen LogP contribution in [0.15, 0.2) is 194 Å². The van der Waals surface area contributed by atoms with Crippen molar-refractivity contribution in [3.8, 4) is 0 Å². The van der Waals surface area contributed by atoms with E-state index < -0.39 is 0 Å². The highest BCUT2D eigenvalue weighted by Gasteiger charge is 2.22. The van der Waals surface area contributed by atoms with Crippen LogP contribution in [-0.2, 0) is 0 Å². The topological polar surface area (TPSA) is 63.2 Å². The Labute approximate surface area is 409 Å². The average molecular weight is 913 g/mol. The summed E-state index contributed by atoms with van der Waals surface area (Å²) < 4.78 is 0. The van der Waals surface area contributed by atoms with Crippen LogP contribution in [0, 0.1) is 0 Å². The van der Waals surface area contributed by atoms with Crippen LogP contribution in [0.4, 0.5) is 0 Å². The number of fused-ring (bicyclic) bond motifs is 40. The first-order chi connectivity index (χ1) is 35.7. The molecule has 0 fully saturated rings. The Bertz CT molecular complexity index is 4740. The van der Waals surface area contributed by atoms with E-state index in [9.17, 15) is 0 Å². The first-order valence-electron chi connectivity index (χ1n) is 24.9. The third-order valence-electron chi connectivity index (χ3n) is 16.1. The van der Waals surface area contributed by atoms with Gasteiger partial charge in [0.1, 0.15) is 0 Å². The summed E-state index contributed by atoms with van der Waals surface area (Å²) in [5.41, 5.74) is 4.22. The molecule has 4 aromatic heterocycles. The van der Waals surface area contributed by atoms with Gasteiger partial charge in [0.15, 0.2) is 0 Å². The van der Waals surface area contributed by atoms with Crippen LogP contribution in [0.1, 0.15) is 22.8 Å². The van der Waals surface area contributed by atoms with E-state index in [0.29, 0.717) is 0 Å². The number of aromatic nitrogens is 4. The minimum Gasteiger partial charge on any atom is -0.354 e. The SMILES string of the molecule is C1=c2[nH]c(c3c4ccccc4c4ccccc4c23)=Cc2[nH]c(c3c4ccccc4c4ccccc4c23)C=c2[nH]c(c3c4ccccc4c4ccccc4c23)=Cc2[nH]c1c1c3ccccc3c3ccccc3c21. The molecule has 0 amide bonds. The Morgan fingerprint density at radius 2 is 0.306 bits per heavy atom. The molecule has 72 heavy (non-hydrogen) atoms. The highest BCUT2D eigenvalue weighted by Crippen LogP contribution is 2.42. The van der Waals surface area contributed by atoms with Gasteiger partial charge in [0, 0.05) is 87.3 Å². The highest BCUT2D eigenvalue weighted by atomic mass is 14.8. The summed E-state index contributed by atoms with van der Waals surface area (Å²) in [5, 5.41) is 33.5. The molecule has 0 aliphatic carbocycles. The molecule has 17 rings (SSSR count). The Morgan fingerprint density at radius 1 is 0.153 bits per heavy atom. The van der Waals surface area contributed by atoms with Crippen molar-refractivity contribution in [2.75, 3.05) is 0 Å². The fourth-order valence-electron chi connectivity index (χ4n) is 13.3. The maximum atomic E-state index is 4.14. The fourth-order valence-corrected chi connectivity index (χ4v) is 13.3. The van der Waals surface area contributed by atoms with E-state index >= 15 is 0 Å². The van der Waals surface area contributed by atoms with Crippen LogP contribution in [0.5, 0.6) is 0 Å². The van der Waals surface area contributed by atoms with Crippen molar-refractivity contribution in [1.29, 1.82) is 0 Å². The summed E-state index contributed by atoms with van der Waals surface area (Å²) in [6.07, 6.45) is 9.57. The van der Waals surface area contributed by atoms with Gasteiger partial charge < -0.3 is 19.9 Å². The number of nitrogens with one attached hydrogen (secondary N) is 4. The number of benzene rings is 12. The van der Waals surface area contributed by atoms with Crippen LogP contribution in [0.3, 0.4) is 0 Å². The molecular formula is C68H40N4. The summed E-state index contributed by atoms with van der Waals surface area (Å²) in [6.45, 7) is 0. The van der Waals surface area contributed by atoms with Crippen LogP contribution in [0.2, 0.25) is 0 Å². The van der Waals surface area contributed by atoms with Gasteiger partial charge in [0.25, 0.3) is 0 Å². The van der Waals surface area contributed by atoms with Gasteiger partial charge in [0.05, 0.1) is 0 Å². The molecule has 1 aliphatic rings. The summed E-state index contributed by atoms with van der Waals surface area (Å²) >= 11 is 0. The van der Waals surface area contributed by atoms with E-state index in [-0.39, 0.29) is 0 Å².